The number of pyridine rings is 2. The summed E-state index contributed by atoms with van der Waals surface area (Å²) in [6.45, 7) is 1.90. The molecule has 3 aromatic rings. The standard InChI is InChI=1S/C22H25N5O/c1-23-22(26-14-11-20-9-5-6-12-24-20)27-16-19-10-13-25-21(15-19)28-17-18-7-3-2-4-8-18/h2-10,12-13,15H,11,14,16-17H2,1H3,(H2,23,26,27). The van der Waals surface area contributed by atoms with E-state index in [1.807, 2.05) is 66.9 Å². The summed E-state index contributed by atoms with van der Waals surface area (Å²) in [5.74, 6) is 1.36. The molecule has 0 aliphatic rings. The Morgan fingerprint density at radius 2 is 1.79 bits per heavy atom. The largest absolute Gasteiger partial charge is 0.473 e. The van der Waals surface area contributed by atoms with Gasteiger partial charge in [-0.3, -0.25) is 9.98 Å². The maximum atomic E-state index is 5.79. The van der Waals surface area contributed by atoms with Gasteiger partial charge >= 0.3 is 0 Å². The van der Waals surface area contributed by atoms with E-state index in [9.17, 15) is 0 Å². The van der Waals surface area contributed by atoms with Crippen LogP contribution in [0.3, 0.4) is 0 Å². The molecule has 2 aromatic heterocycles. The minimum absolute atomic E-state index is 0.501. The summed E-state index contributed by atoms with van der Waals surface area (Å²) in [5, 5.41) is 6.61. The fourth-order valence-electron chi connectivity index (χ4n) is 2.63. The molecule has 1 aromatic carbocycles. The van der Waals surface area contributed by atoms with Crippen molar-refractivity contribution in [1.29, 1.82) is 0 Å². The Kier molecular flexibility index (Phi) is 7.37. The van der Waals surface area contributed by atoms with Crippen molar-refractivity contribution in [3.63, 3.8) is 0 Å². The molecule has 0 bridgehead atoms. The zero-order valence-corrected chi connectivity index (χ0v) is 16.0. The number of rotatable bonds is 8. The van der Waals surface area contributed by atoms with Crippen LogP contribution >= 0.6 is 0 Å². The molecule has 6 heteroatoms. The van der Waals surface area contributed by atoms with E-state index < -0.39 is 0 Å². The van der Waals surface area contributed by atoms with Crippen molar-refractivity contribution in [3.05, 3.63) is 89.9 Å². The third-order valence-corrected chi connectivity index (χ3v) is 4.11. The molecule has 0 aliphatic heterocycles. The molecule has 2 N–H and O–H groups in total. The molecule has 6 nitrogen and oxygen atoms in total. The van der Waals surface area contributed by atoms with Gasteiger partial charge in [0.1, 0.15) is 6.61 Å². The summed E-state index contributed by atoms with van der Waals surface area (Å²) in [6, 6.07) is 19.9. The second-order valence-corrected chi connectivity index (χ2v) is 6.20. The van der Waals surface area contributed by atoms with Crippen LogP contribution in [0.5, 0.6) is 5.88 Å². The quantitative estimate of drug-likeness (QED) is 0.468. The smallest absolute Gasteiger partial charge is 0.213 e. The van der Waals surface area contributed by atoms with Gasteiger partial charge in [0.25, 0.3) is 0 Å². The van der Waals surface area contributed by atoms with Crippen molar-refractivity contribution < 1.29 is 4.74 Å². The number of benzene rings is 1. The topological polar surface area (TPSA) is 71.4 Å². The van der Waals surface area contributed by atoms with Crippen LogP contribution in [-0.2, 0) is 19.6 Å². The molecule has 0 atom stereocenters. The Balaban J connectivity index is 1.45. The molecule has 0 aliphatic carbocycles. The van der Waals surface area contributed by atoms with Crippen LogP contribution in [-0.4, -0.2) is 29.5 Å². The summed E-state index contributed by atoms with van der Waals surface area (Å²) in [6.07, 6.45) is 4.41. The Labute approximate surface area is 165 Å². The Hall–Kier alpha value is -3.41. The molecule has 0 unspecified atom stereocenters. The van der Waals surface area contributed by atoms with Crippen molar-refractivity contribution in [3.8, 4) is 5.88 Å². The predicted molar refractivity (Wildman–Crippen MR) is 111 cm³/mol. The van der Waals surface area contributed by atoms with Gasteiger partial charge in [-0.2, -0.15) is 0 Å². The average molecular weight is 375 g/mol. The summed E-state index contributed by atoms with van der Waals surface area (Å²) >= 11 is 0. The van der Waals surface area contributed by atoms with Gasteiger partial charge in [0.05, 0.1) is 0 Å². The highest BCUT2D eigenvalue weighted by molar-refractivity contribution is 5.79. The van der Waals surface area contributed by atoms with Gasteiger partial charge in [0.2, 0.25) is 5.88 Å². The Bertz CT molecular complexity index is 868. The molecule has 28 heavy (non-hydrogen) atoms. The van der Waals surface area contributed by atoms with Gasteiger partial charge < -0.3 is 15.4 Å². The molecule has 0 spiro atoms. The first-order chi connectivity index (χ1) is 13.8. The van der Waals surface area contributed by atoms with Crippen LogP contribution in [0.4, 0.5) is 0 Å². The molecular weight excluding hydrogens is 350 g/mol. The van der Waals surface area contributed by atoms with Crippen molar-refractivity contribution >= 4 is 5.96 Å². The molecular formula is C22H25N5O. The van der Waals surface area contributed by atoms with E-state index in [0.717, 1.165) is 35.7 Å². The minimum atomic E-state index is 0.501. The summed E-state index contributed by atoms with van der Waals surface area (Å²) < 4.78 is 5.79. The fourth-order valence-corrected chi connectivity index (χ4v) is 2.63. The predicted octanol–water partition coefficient (Wildman–Crippen LogP) is 2.96. The van der Waals surface area contributed by atoms with Crippen molar-refractivity contribution in [2.75, 3.05) is 13.6 Å². The molecule has 0 fully saturated rings. The summed E-state index contributed by atoms with van der Waals surface area (Å²) in [5.41, 5.74) is 3.25. The van der Waals surface area contributed by atoms with Crippen LogP contribution in [0.25, 0.3) is 0 Å². The summed E-state index contributed by atoms with van der Waals surface area (Å²) in [4.78, 5) is 12.9. The normalized spacial score (nSPS) is 11.1. The van der Waals surface area contributed by atoms with Crippen LogP contribution in [0.2, 0.25) is 0 Å². The second kappa shape index (κ2) is 10.7. The van der Waals surface area contributed by atoms with E-state index in [4.69, 9.17) is 4.74 Å². The van der Waals surface area contributed by atoms with E-state index >= 15 is 0 Å². The number of aliphatic imine (C=N–C) groups is 1. The van der Waals surface area contributed by atoms with Gasteiger partial charge in [-0.15, -0.1) is 0 Å². The molecule has 0 saturated carbocycles. The lowest BCUT2D eigenvalue weighted by Crippen LogP contribution is -2.37. The first-order valence-electron chi connectivity index (χ1n) is 9.29. The minimum Gasteiger partial charge on any atom is -0.473 e. The van der Waals surface area contributed by atoms with E-state index in [1.54, 1.807) is 13.2 Å². The third-order valence-electron chi connectivity index (χ3n) is 4.11. The highest BCUT2D eigenvalue weighted by atomic mass is 16.5. The van der Waals surface area contributed by atoms with E-state index in [1.165, 1.54) is 0 Å². The van der Waals surface area contributed by atoms with E-state index in [2.05, 4.69) is 25.6 Å². The second-order valence-electron chi connectivity index (χ2n) is 6.20. The first kappa shape index (κ1) is 19.4. The van der Waals surface area contributed by atoms with Crippen molar-refractivity contribution in [1.82, 2.24) is 20.6 Å². The van der Waals surface area contributed by atoms with Gasteiger partial charge in [-0.1, -0.05) is 36.4 Å². The number of hydrogen-bond donors (Lipinski definition) is 2. The lowest BCUT2D eigenvalue weighted by Gasteiger charge is -2.12. The molecule has 144 valence electrons. The fraction of sp³-hybridized carbons (Fsp3) is 0.227. The van der Waals surface area contributed by atoms with Gasteiger partial charge in [-0.05, 0) is 29.3 Å². The number of nitrogens with one attached hydrogen (secondary N) is 2. The number of ether oxygens (including phenoxy) is 1. The molecule has 0 saturated heterocycles. The maximum absolute atomic E-state index is 5.79. The first-order valence-corrected chi connectivity index (χ1v) is 9.29. The molecule has 3 rings (SSSR count). The average Bonchev–Trinajstić information content (AvgIpc) is 2.76. The Morgan fingerprint density at radius 1 is 0.929 bits per heavy atom. The maximum Gasteiger partial charge on any atom is 0.213 e. The molecule has 2 heterocycles. The SMILES string of the molecule is CN=C(NCCc1ccccn1)NCc1ccnc(OCc2ccccc2)c1. The Morgan fingerprint density at radius 3 is 2.57 bits per heavy atom. The van der Waals surface area contributed by atoms with Gasteiger partial charge in [0, 0.05) is 50.7 Å². The van der Waals surface area contributed by atoms with E-state index in [-0.39, 0.29) is 0 Å². The van der Waals surface area contributed by atoms with Gasteiger partial charge in [0.15, 0.2) is 5.96 Å². The van der Waals surface area contributed by atoms with Gasteiger partial charge in [-0.25, -0.2) is 4.98 Å². The number of nitrogens with zero attached hydrogens (tertiary/aromatic N) is 3. The molecule has 0 amide bonds. The van der Waals surface area contributed by atoms with Crippen LogP contribution in [0.15, 0.2) is 78.0 Å². The van der Waals surface area contributed by atoms with Crippen LogP contribution in [0.1, 0.15) is 16.8 Å². The summed E-state index contributed by atoms with van der Waals surface area (Å²) in [7, 11) is 1.76. The zero-order chi connectivity index (χ0) is 19.4. The van der Waals surface area contributed by atoms with Crippen molar-refractivity contribution in [2.24, 2.45) is 4.99 Å². The monoisotopic (exact) mass is 375 g/mol. The number of hydrogen-bond acceptors (Lipinski definition) is 4. The number of guanidine groups is 1. The van der Waals surface area contributed by atoms with Crippen molar-refractivity contribution in [2.45, 2.75) is 19.6 Å². The van der Waals surface area contributed by atoms with Crippen LogP contribution in [0, 0.1) is 0 Å². The molecule has 0 radical (unpaired) electrons. The van der Waals surface area contributed by atoms with E-state index in [0.29, 0.717) is 19.0 Å². The third kappa shape index (κ3) is 6.39. The van der Waals surface area contributed by atoms with Crippen LogP contribution < -0.4 is 15.4 Å². The number of aromatic nitrogens is 2. The highest BCUT2D eigenvalue weighted by Crippen LogP contribution is 2.11. The zero-order valence-electron chi connectivity index (χ0n) is 16.0. The highest BCUT2D eigenvalue weighted by Gasteiger charge is 2.02. The lowest BCUT2D eigenvalue weighted by atomic mass is 10.2. The lowest BCUT2D eigenvalue weighted by molar-refractivity contribution is 0.293.